The number of esters is 1. The molecule has 0 aliphatic carbocycles. The van der Waals surface area contributed by atoms with Crippen LogP contribution in [0.4, 0.5) is 17.2 Å². The van der Waals surface area contributed by atoms with Gasteiger partial charge in [0.1, 0.15) is 16.6 Å². The molecule has 0 radical (unpaired) electrons. The van der Waals surface area contributed by atoms with Gasteiger partial charge in [-0.15, -0.1) is 0 Å². The molecule has 150 valence electrons. The molecular formula is C17H15N5O6S. The van der Waals surface area contributed by atoms with Crippen LogP contribution in [-0.4, -0.2) is 44.5 Å². The van der Waals surface area contributed by atoms with Crippen LogP contribution in [0.1, 0.15) is 23.7 Å². The van der Waals surface area contributed by atoms with E-state index in [1.165, 1.54) is 30.5 Å². The maximum absolute atomic E-state index is 12.7. The number of amides is 2. The highest BCUT2D eigenvalue weighted by atomic mass is 32.2. The molecule has 1 saturated heterocycles. The van der Waals surface area contributed by atoms with E-state index in [9.17, 15) is 24.5 Å². The second-order valence-corrected chi connectivity index (χ2v) is 6.99. The number of nitro groups is 1. The molecule has 1 atom stereocenters. The Morgan fingerprint density at radius 2 is 2.07 bits per heavy atom. The Balaban J connectivity index is 1.75. The van der Waals surface area contributed by atoms with Crippen molar-refractivity contribution in [2.24, 2.45) is 0 Å². The maximum atomic E-state index is 12.7. The van der Waals surface area contributed by atoms with Crippen LogP contribution < -0.4 is 10.6 Å². The number of imide groups is 1. The maximum Gasteiger partial charge on any atom is 0.343 e. The van der Waals surface area contributed by atoms with Crippen LogP contribution in [0, 0.1) is 10.1 Å². The average molecular weight is 417 g/mol. The Labute approximate surface area is 168 Å². The van der Waals surface area contributed by atoms with Crippen molar-refractivity contribution in [3.63, 3.8) is 0 Å². The minimum absolute atomic E-state index is 0.0116. The van der Waals surface area contributed by atoms with Crippen molar-refractivity contribution in [1.29, 1.82) is 0 Å². The van der Waals surface area contributed by atoms with Crippen LogP contribution in [0.5, 0.6) is 0 Å². The molecule has 0 saturated carbocycles. The van der Waals surface area contributed by atoms with E-state index >= 15 is 0 Å². The normalized spacial score (nSPS) is 16.2. The number of carbonyl (C=O) groups is 3. The fourth-order valence-corrected chi connectivity index (χ4v) is 3.57. The topological polar surface area (TPSA) is 159 Å². The Kier molecular flexibility index (Phi) is 5.73. The van der Waals surface area contributed by atoms with Crippen molar-refractivity contribution in [3.05, 3.63) is 46.1 Å². The minimum atomic E-state index is -0.787. The number of carbonyl (C=O) groups excluding carboxylic acids is 3. The number of ether oxygens (including phenoxy) is 1. The van der Waals surface area contributed by atoms with Gasteiger partial charge in [0.25, 0.3) is 5.69 Å². The molecule has 1 aliphatic rings. The smallest absolute Gasteiger partial charge is 0.343 e. The molecule has 29 heavy (non-hydrogen) atoms. The van der Waals surface area contributed by atoms with Crippen molar-refractivity contribution in [2.75, 3.05) is 17.2 Å². The van der Waals surface area contributed by atoms with Crippen LogP contribution in [0.3, 0.4) is 0 Å². The van der Waals surface area contributed by atoms with Crippen LogP contribution in [0.15, 0.2) is 35.6 Å². The lowest BCUT2D eigenvalue weighted by atomic mass is 10.2. The van der Waals surface area contributed by atoms with E-state index in [2.05, 4.69) is 9.97 Å². The summed E-state index contributed by atoms with van der Waals surface area (Å²) in [6, 6.07) is 5.11. The van der Waals surface area contributed by atoms with E-state index in [1.54, 1.807) is 6.92 Å². The van der Waals surface area contributed by atoms with Gasteiger partial charge < -0.3 is 10.5 Å². The Morgan fingerprint density at radius 3 is 2.66 bits per heavy atom. The molecule has 3 rings (SSSR count). The summed E-state index contributed by atoms with van der Waals surface area (Å²) in [7, 11) is 0. The van der Waals surface area contributed by atoms with Gasteiger partial charge in [0.2, 0.25) is 11.8 Å². The predicted molar refractivity (Wildman–Crippen MR) is 102 cm³/mol. The highest BCUT2D eigenvalue weighted by Crippen LogP contribution is 2.33. The number of nitrogens with zero attached hydrogens (tertiary/aromatic N) is 4. The second kappa shape index (κ2) is 8.22. The number of hydrogen-bond acceptors (Lipinski definition) is 10. The van der Waals surface area contributed by atoms with E-state index in [0.29, 0.717) is 0 Å². The highest BCUT2D eigenvalue weighted by Gasteiger charge is 2.40. The monoisotopic (exact) mass is 417 g/mol. The number of non-ortho nitro benzene ring substituents is 1. The van der Waals surface area contributed by atoms with Gasteiger partial charge in [-0.2, -0.15) is 0 Å². The molecule has 2 heterocycles. The molecule has 1 aromatic heterocycles. The summed E-state index contributed by atoms with van der Waals surface area (Å²) in [6.45, 7) is 1.82. The number of aromatic nitrogens is 2. The number of thioether (sulfide) groups is 1. The summed E-state index contributed by atoms with van der Waals surface area (Å²) in [6.07, 6.45) is 1.11. The molecule has 11 nitrogen and oxygen atoms in total. The summed E-state index contributed by atoms with van der Waals surface area (Å²) >= 11 is 0.943. The molecule has 0 bridgehead atoms. The fraction of sp³-hybridized carbons (Fsp3) is 0.235. The van der Waals surface area contributed by atoms with Crippen LogP contribution in [0.25, 0.3) is 0 Å². The molecule has 2 aromatic rings. The first-order valence-electron chi connectivity index (χ1n) is 8.39. The van der Waals surface area contributed by atoms with Crippen LogP contribution in [-0.2, 0) is 14.3 Å². The van der Waals surface area contributed by atoms with E-state index in [-0.39, 0.29) is 40.9 Å². The number of nitrogens with two attached hydrogens (primary N) is 1. The summed E-state index contributed by atoms with van der Waals surface area (Å²) in [4.78, 5) is 55.9. The van der Waals surface area contributed by atoms with Crippen LogP contribution in [0.2, 0.25) is 0 Å². The summed E-state index contributed by atoms with van der Waals surface area (Å²) < 4.78 is 4.85. The van der Waals surface area contributed by atoms with Crippen molar-refractivity contribution < 1.29 is 24.0 Å². The molecule has 2 amide bonds. The van der Waals surface area contributed by atoms with E-state index in [0.717, 1.165) is 16.7 Å². The number of rotatable bonds is 6. The molecule has 1 aromatic carbocycles. The van der Waals surface area contributed by atoms with Gasteiger partial charge in [0.15, 0.2) is 5.16 Å². The number of nitrogen functional groups attached to an aromatic ring is 1. The largest absolute Gasteiger partial charge is 0.462 e. The molecular weight excluding hydrogens is 402 g/mol. The summed E-state index contributed by atoms with van der Waals surface area (Å²) in [5, 5.41) is 10.1. The van der Waals surface area contributed by atoms with Gasteiger partial charge >= 0.3 is 5.97 Å². The van der Waals surface area contributed by atoms with E-state index in [4.69, 9.17) is 10.5 Å². The molecule has 0 spiro atoms. The van der Waals surface area contributed by atoms with E-state index < -0.39 is 28.0 Å². The lowest BCUT2D eigenvalue weighted by Gasteiger charge is -2.14. The van der Waals surface area contributed by atoms with Gasteiger partial charge in [-0.1, -0.05) is 11.8 Å². The second-order valence-electron chi connectivity index (χ2n) is 5.82. The van der Waals surface area contributed by atoms with Gasteiger partial charge in [0.05, 0.1) is 17.2 Å². The van der Waals surface area contributed by atoms with Crippen molar-refractivity contribution >= 4 is 46.7 Å². The first kappa shape index (κ1) is 20.2. The summed E-state index contributed by atoms with van der Waals surface area (Å²) in [5.41, 5.74) is 5.87. The standard InChI is InChI=1S/C17H15N5O6S/c1-2-28-16(25)11-8-19-17(20-14(11)18)29-12-7-13(23)21(15(12)24)9-3-5-10(6-4-9)22(26)27/h3-6,8,12H,2,7H2,1H3,(H2,18,19,20)/t12-/m1/s1. The Morgan fingerprint density at radius 1 is 1.38 bits per heavy atom. The van der Waals surface area contributed by atoms with Crippen molar-refractivity contribution in [3.8, 4) is 0 Å². The lowest BCUT2D eigenvalue weighted by Crippen LogP contribution is -2.31. The number of hydrogen-bond donors (Lipinski definition) is 1. The molecule has 12 heteroatoms. The van der Waals surface area contributed by atoms with Crippen LogP contribution >= 0.6 is 11.8 Å². The minimum Gasteiger partial charge on any atom is -0.462 e. The van der Waals surface area contributed by atoms with Crippen molar-refractivity contribution in [2.45, 2.75) is 23.8 Å². The quantitative estimate of drug-likeness (QED) is 0.240. The summed E-state index contributed by atoms with van der Waals surface area (Å²) in [5.74, 6) is -1.69. The lowest BCUT2D eigenvalue weighted by molar-refractivity contribution is -0.384. The van der Waals surface area contributed by atoms with Gasteiger partial charge in [-0.25, -0.2) is 19.7 Å². The zero-order chi connectivity index (χ0) is 21.1. The Bertz CT molecular complexity index is 996. The molecule has 1 aliphatic heterocycles. The third-order valence-electron chi connectivity index (χ3n) is 3.96. The SMILES string of the molecule is CCOC(=O)c1cnc(S[C@@H]2CC(=O)N(c3ccc([N+](=O)[O-])cc3)C2=O)nc1N. The van der Waals surface area contributed by atoms with Gasteiger partial charge in [0, 0.05) is 24.8 Å². The predicted octanol–water partition coefficient (Wildman–Crippen LogP) is 1.57. The number of nitro benzene ring substituents is 1. The zero-order valence-corrected chi connectivity index (χ0v) is 15.9. The average Bonchev–Trinajstić information content (AvgIpc) is 2.95. The van der Waals surface area contributed by atoms with Crippen molar-refractivity contribution in [1.82, 2.24) is 9.97 Å². The first-order chi connectivity index (χ1) is 13.8. The Hall–Kier alpha value is -3.54. The highest BCUT2D eigenvalue weighted by molar-refractivity contribution is 8.00. The van der Waals surface area contributed by atoms with Gasteiger partial charge in [-0.3, -0.25) is 19.7 Å². The zero-order valence-electron chi connectivity index (χ0n) is 15.1. The third-order valence-corrected chi connectivity index (χ3v) is 5.02. The third kappa shape index (κ3) is 4.16. The van der Waals surface area contributed by atoms with E-state index in [1.807, 2.05) is 0 Å². The molecule has 2 N–H and O–H groups in total. The molecule has 1 fully saturated rings. The fourth-order valence-electron chi connectivity index (χ4n) is 2.62. The number of anilines is 2. The molecule has 0 unspecified atom stereocenters. The number of benzene rings is 1. The first-order valence-corrected chi connectivity index (χ1v) is 9.27. The van der Waals surface area contributed by atoms with Gasteiger partial charge in [-0.05, 0) is 19.1 Å².